The van der Waals surface area contributed by atoms with Gasteiger partial charge in [-0.3, -0.25) is 0 Å². The van der Waals surface area contributed by atoms with Gasteiger partial charge in [0, 0.05) is 23.8 Å². The second-order valence-corrected chi connectivity index (χ2v) is 3.83. The van der Waals surface area contributed by atoms with Gasteiger partial charge in [0.2, 0.25) is 11.7 Å². The summed E-state index contributed by atoms with van der Waals surface area (Å²) in [6.07, 6.45) is 5.86. The molecule has 0 bridgehead atoms. The number of benzene rings is 1. The Hall–Kier alpha value is -2.15. The third-order valence-electron chi connectivity index (χ3n) is 2.80. The van der Waals surface area contributed by atoms with Gasteiger partial charge in [-0.2, -0.15) is 4.57 Å². The van der Waals surface area contributed by atoms with Crippen molar-refractivity contribution in [1.82, 2.24) is 0 Å². The van der Waals surface area contributed by atoms with Crippen LogP contribution in [0.1, 0.15) is 17.3 Å². The van der Waals surface area contributed by atoms with Gasteiger partial charge in [-0.05, 0) is 12.1 Å². The fourth-order valence-electron chi connectivity index (χ4n) is 1.96. The fraction of sp³-hybridized carbons (Fsp3) is 0.0625. The van der Waals surface area contributed by atoms with Gasteiger partial charge in [-0.25, -0.2) is 0 Å². The zero-order valence-electron chi connectivity index (χ0n) is 9.79. The molecule has 1 unspecified atom stereocenters. The van der Waals surface area contributed by atoms with Crippen molar-refractivity contribution < 1.29 is 4.57 Å². The average molecular weight is 222 g/mol. The third kappa shape index (κ3) is 2.34. The average Bonchev–Trinajstić information content (AvgIpc) is 2.41. The first-order valence-electron chi connectivity index (χ1n) is 5.67. The van der Waals surface area contributed by atoms with Crippen LogP contribution < -0.4 is 4.57 Å². The van der Waals surface area contributed by atoms with Crippen molar-refractivity contribution in [3.05, 3.63) is 85.2 Å². The second kappa shape index (κ2) is 5.26. The Morgan fingerprint density at radius 3 is 2.29 bits per heavy atom. The molecular weight excluding hydrogens is 206 g/mol. The second-order valence-electron chi connectivity index (χ2n) is 3.83. The highest BCUT2D eigenvalue weighted by atomic mass is 15.0. The van der Waals surface area contributed by atoms with E-state index in [9.17, 15) is 0 Å². The molecule has 0 saturated heterocycles. The Labute approximate surface area is 102 Å². The van der Waals surface area contributed by atoms with E-state index in [0.717, 1.165) is 5.69 Å². The molecule has 1 heterocycles. The van der Waals surface area contributed by atoms with Crippen LogP contribution in [0.2, 0.25) is 0 Å². The highest BCUT2D eigenvalue weighted by Crippen LogP contribution is 2.14. The van der Waals surface area contributed by atoms with E-state index in [1.165, 1.54) is 5.56 Å². The number of rotatable bonds is 4. The maximum atomic E-state index is 3.93. The first kappa shape index (κ1) is 11.3. The van der Waals surface area contributed by atoms with Crippen LogP contribution in [-0.4, -0.2) is 0 Å². The molecule has 2 rings (SSSR count). The molecule has 0 spiro atoms. The standard InChI is InChI=1S/C16H16N/c1-3-15-12-8-9-13-17(15)16(4-2)14-10-6-5-7-11-14/h3-13,16H,1-2H2/q+1. The molecule has 1 atom stereocenters. The van der Waals surface area contributed by atoms with Gasteiger partial charge in [0.15, 0.2) is 6.20 Å². The summed E-state index contributed by atoms with van der Waals surface area (Å²) in [4.78, 5) is 0. The molecule has 0 aliphatic heterocycles. The minimum atomic E-state index is 0.144. The Morgan fingerprint density at radius 1 is 0.941 bits per heavy atom. The number of hydrogen-bond acceptors (Lipinski definition) is 0. The van der Waals surface area contributed by atoms with Gasteiger partial charge in [0.1, 0.15) is 0 Å². The maximum Gasteiger partial charge on any atom is 0.205 e. The summed E-state index contributed by atoms with van der Waals surface area (Å²) < 4.78 is 2.16. The van der Waals surface area contributed by atoms with Crippen LogP contribution >= 0.6 is 0 Å². The Bertz CT molecular complexity index is 514. The molecule has 1 aromatic heterocycles. The van der Waals surface area contributed by atoms with Crippen molar-refractivity contribution in [2.75, 3.05) is 0 Å². The van der Waals surface area contributed by atoms with E-state index >= 15 is 0 Å². The van der Waals surface area contributed by atoms with Crippen LogP contribution in [0.3, 0.4) is 0 Å². The molecule has 1 aromatic carbocycles. The first-order valence-corrected chi connectivity index (χ1v) is 5.67. The molecule has 2 aromatic rings. The van der Waals surface area contributed by atoms with Gasteiger partial charge in [0.05, 0.1) is 0 Å². The Kier molecular flexibility index (Phi) is 3.51. The topological polar surface area (TPSA) is 3.88 Å². The summed E-state index contributed by atoms with van der Waals surface area (Å²) in [5, 5.41) is 0. The van der Waals surface area contributed by atoms with Crippen LogP contribution in [0.15, 0.2) is 74.0 Å². The van der Waals surface area contributed by atoms with Crippen molar-refractivity contribution in [3.8, 4) is 0 Å². The number of nitrogens with zero attached hydrogens (tertiary/aromatic N) is 1. The molecule has 1 heteroatoms. The van der Waals surface area contributed by atoms with Crippen molar-refractivity contribution in [2.24, 2.45) is 0 Å². The van der Waals surface area contributed by atoms with E-state index in [1.54, 1.807) is 0 Å². The van der Waals surface area contributed by atoms with E-state index in [-0.39, 0.29) is 6.04 Å². The van der Waals surface area contributed by atoms with Crippen LogP contribution in [-0.2, 0) is 0 Å². The largest absolute Gasteiger partial charge is 0.205 e. The van der Waals surface area contributed by atoms with Gasteiger partial charge in [0.25, 0.3) is 0 Å². The SMILES string of the molecule is C=Cc1cccc[n+]1C(C=C)c1ccccc1. The van der Waals surface area contributed by atoms with Crippen molar-refractivity contribution in [1.29, 1.82) is 0 Å². The number of allylic oxidation sites excluding steroid dienone is 1. The predicted molar refractivity (Wildman–Crippen MR) is 71.5 cm³/mol. The van der Waals surface area contributed by atoms with E-state index in [0.29, 0.717) is 0 Å². The summed E-state index contributed by atoms with van der Waals surface area (Å²) in [5.74, 6) is 0. The number of hydrogen-bond donors (Lipinski definition) is 0. The number of aromatic nitrogens is 1. The number of pyridine rings is 1. The lowest BCUT2D eigenvalue weighted by Gasteiger charge is -2.10. The molecule has 0 radical (unpaired) electrons. The van der Waals surface area contributed by atoms with Crippen LogP contribution in [0.4, 0.5) is 0 Å². The van der Waals surface area contributed by atoms with Gasteiger partial charge >= 0.3 is 0 Å². The Morgan fingerprint density at radius 2 is 1.65 bits per heavy atom. The van der Waals surface area contributed by atoms with Gasteiger partial charge < -0.3 is 0 Å². The van der Waals surface area contributed by atoms with Crippen molar-refractivity contribution >= 4 is 6.08 Å². The van der Waals surface area contributed by atoms with Crippen LogP contribution in [0.5, 0.6) is 0 Å². The lowest BCUT2D eigenvalue weighted by atomic mass is 10.1. The minimum Gasteiger partial charge on any atom is -0.188 e. The van der Waals surface area contributed by atoms with Crippen molar-refractivity contribution in [3.63, 3.8) is 0 Å². The van der Waals surface area contributed by atoms with Crippen LogP contribution in [0.25, 0.3) is 6.08 Å². The summed E-state index contributed by atoms with van der Waals surface area (Å²) in [7, 11) is 0. The molecular formula is C16H16N+. The summed E-state index contributed by atoms with van der Waals surface area (Å²) in [6, 6.07) is 16.6. The molecule has 17 heavy (non-hydrogen) atoms. The monoisotopic (exact) mass is 222 g/mol. The van der Waals surface area contributed by atoms with E-state index in [4.69, 9.17) is 0 Å². The smallest absolute Gasteiger partial charge is 0.188 e. The minimum absolute atomic E-state index is 0.144. The molecule has 0 fully saturated rings. The molecule has 0 aliphatic carbocycles. The lowest BCUT2D eigenvalue weighted by Crippen LogP contribution is -2.41. The highest BCUT2D eigenvalue weighted by Gasteiger charge is 2.19. The van der Waals surface area contributed by atoms with Crippen molar-refractivity contribution in [2.45, 2.75) is 6.04 Å². The summed E-state index contributed by atoms with van der Waals surface area (Å²) in [6.45, 7) is 7.78. The summed E-state index contributed by atoms with van der Waals surface area (Å²) >= 11 is 0. The van der Waals surface area contributed by atoms with E-state index < -0.39 is 0 Å². The van der Waals surface area contributed by atoms with E-state index in [2.05, 4.69) is 36.1 Å². The highest BCUT2D eigenvalue weighted by molar-refractivity contribution is 5.37. The van der Waals surface area contributed by atoms with Gasteiger partial charge in [-0.1, -0.05) is 43.5 Å². The lowest BCUT2D eigenvalue weighted by molar-refractivity contribution is -0.705. The quantitative estimate of drug-likeness (QED) is 0.551. The van der Waals surface area contributed by atoms with Gasteiger partial charge in [-0.15, -0.1) is 0 Å². The van der Waals surface area contributed by atoms with Crippen LogP contribution in [0, 0.1) is 0 Å². The third-order valence-corrected chi connectivity index (χ3v) is 2.80. The first-order chi connectivity index (χ1) is 8.36. The summed E-state index contributed by atoms with van der Waals surface area (Å²) in [5.41, 5.74) is 2.31. The molecule has 0 aliphatic rings. The fourth-order valence-corrected chi connectivity index (χ4v) is 1.96. The molecule has 0 amide bonds. The molecule has 84 valence electrons. The predicted octanol–water partition coefficient (Wildman–Crippen LogP) is 3.39. The zero-order valence-corrected chi connectivity index (χ0v) is 9.79. The van der Waals surface area contributed by atoms with E-state index in [1.807, 2.05) is 48.6 Å². The molecule has 1 nitrogen and oxygen atoms in total. The Balaban J connectivity index is 2.49. The maximum absolute atomic E-state index is 3.93. The zero-order chi connectivity index (χ0) is 12.1. The molecule has 0 saturated carbocycles. The molecule has 0 N–H and O–H groups in total. The normalized spacial score (nSPS) is 11.8.